The molecular weight excluding hydrogens is 346 g/mol. The summed E-state index contributed by atoms with van der Waals surface area (Å²) in [6.07, 6.45) is 11.1. The first kappa shape index (κ1) is 18.3. The summed E-state index contributed by atoms with van der Waals surface area (Å²) in [7, 11) is 0. The third-order valence-corrected chi connectivity index (χ3v) is 8.83. The minimum absolute atomic E-state index is 0.0874. The molecule has 0 bridgehead atoms. The zero-order chi connectivity index (χ0) is 19.7. The van der Waals surface area contributed by atoms with E-state index in [-0.39, 0.29) is 16.7 Å². The number of rotatable bonds is 1. The number of aliphatic hydroxyl groups excluding tert-OH is 1. The second-order valence-corrected chi connectivity index (χ2v) is 10.2. The molecule has 1 N–H and O–H groups in total. The lowest BCUT2D eigenvalue weighted by Gasteiger charge is -2.58. The maximum Gasteiger partial charge on any atom is 0.136 e. The Hall–Kier alpha value is -1.74. The van der Waals surface area contributed by atoms with Gasteiger partial charge < -0.3 is 5.11 Å². The van der Waals surface area contributed by atoms with Gasteiger partial charge in [0.05, 0.1) is 6.10 Å². The van der Waals surface area contributed by atoms with Gasteiger partial charge in [-0.05, 0) is 78.4 Å². The molecule has 0 aromatic carbocycles. The quantitative estimate of drug-likeness (QED) is 0.703. The highest BCUT2D eigenvalue weighted by Gasteiger charge is 2.59. The predicted octanol–water partition coefficient (Wildman–Crippen LogP) is 4.97. The summed E-state index contributed by atoms with van der Waals surface area (Å²) in [6.45, 7) is 7.07. The van der Waals surface area contributed by atoms with Gasteiger partial charge in [0.15, 0.2) is 0 Å². The minimum atomic E-state index is -0.426. The standard InChI is InChI=1S/C25H31NO2/c1-15-11-20-22-19(24(2)8-6-18(27)12-17(24)13-21(22)28)7-9-25(20,3)23(15)16-5-4-10-26-14-16/h4-5,10,13-14,19-22,28H,6-9,11-12H2,1-3H3/t19-,20+,21?,22-,24+,25+/m1/s1. The number of hydrogen-bond acceptors (Lipinski definition) is 3. The van der Waals surface area contributed by atoms with Gasteiger partial charge in [-0.2, -0.15) is 0 Å². The summed E-state index contributed by atoms with van der Waals surface area (Å²) >= 11 is 0. The topological polar surface area (TPSA) is 50.2 Å². The molecule has 6 atom stereocenters. The van der Waals surface area contributed by atoms with Gasteiger partial charge in [0, 0.05) is 25.2 Å². The zero-order valence-corrected chi connectivity index (χ0v) is 17.2. The molecule has 1 unspecified atom stereocenters. The molecule has 5 rings (SSSR count). The van der Waals surface area contributed by atoms with Crippen molar-refractivity contribution in [3.8, 4) is 0 Å². The number of fused-ring (bicyclic) bond motifs is 5. The first-order valence-corrected chi connectivity index (χ1v) is 10.9. The fraction of sp³-hybridized carbons (Fsp3) is 0.600. The van der Waals surface area contributed by atoms with Crippen molar-refractivity contribution < 1.29 is 9.90 Å². The molecule has 0 saturated heterocycles. The van der Waals surface area contributed by atoms with Crippen LogP contribution in [0.15, 0.2) is 41.7 Å². The van der Waals surface area contributed by atoms with Crippen LogP contribution < -0.4 is 0 Å². The SMILES string of the molecule is CC1=C(c2cccnc2)[C@@]2(C)CC[C@@H]3[C@@H](C(O)C=C4CC(=O)CC[C@@]43C)[C@@H]2C1. The molecule has 3 heteroatoms. The number of nitrogens with zero attached hydrogens (tertiary/aromatic N) is 1. The van der Waals surface area contributed by atoms with Gasteiger partial charge in [-0.3, -0.25) is 9.78 Å². The Morgan fingerprint density at radius 1 is 1.18 bits per heavy atom. The van der Waals surface area contributed by atoms with Crippen molar-refractivity contribution >= 4 is 11.4 Å². The second kappa shape index (κ2) is 6.13. The molecule has 148 valence electrons. The fourth-order valence-corrected chi connectivity index (χ4v) is 7.49. The molecule has 0 spiro atoms. The van der Waals surface area contributed by atoms with E-state index in [0.29, 0.717) is 30.5 Å². The first-order chi connectivity index (χ1) is 13.3. The number of hydrogen-bond donors (Lipinski definition) is 1. The van der Waals surface area contributed by atoms with Crippen molar-refractivity contribution in [3.63, 3.8) is 0 Å². The molecule has 1 heterocycles. The number of aliphatic hydroxyl groups is 1. The Kier molecular flexibility index (Phi) is 4.00. The fourth-order valence-electron chi connectivity index (χ4n) is 7.49. The average Bonchev–Trinajstić information content (AvgIpc) is 2.94. The van der Waals surface area contributed by atoms with Gasteiger partial charge >= 0.3 is 0 Å². The summed E-state index contributed by atoms with van der Waals surface area (Å²) in [5.41, 5.74) is 5.59. The molecule has 2 saturated carbocycles. The molecule has 1 aromatic rings. The van der Waals surface area contributed by atoms with Crippen LogP contribution in [-0.4, -0.2) is 22.0 Å². The number of carbonyl (C=O) groups excluding carboxylic acids is 1. The van der Waals surface area contributed by atoms with Gasteiger partial charge in [0.25, 0.3) is 0 Å². The lowest BCUT2D eigenvalue weighted by Crippen LogP contribution is -2.54. The third kappa shape index (κ3) is 2.38. The Morgan fingerprint density at radius 3 is 2.75 bits per heavy atom. The van der Waals surface area contributed by atoms with Crippen LogP contribution in [0.5, 0.6) is 0 Å². The van der Waals surface area contributed by atoms with Crippen LogP contribution in [0, 0.1) is 28.6 Å². The maximum absolute atomic E-state index is 12.1. The molecule has 3 nitrogen and oxygen atoms in total. The van der Waals surface area contributed by atoms with Crippen molar-refractivity contribution in [1.82, 2.24) is 4.98 Å². The average molecular weight is 378 g/mol. The van der Waals surface area contributed by atoms with Crippen molar-refractivity contribution in [2.75, 3.05) is 0 Å². The van der Waals surface area contributed by atoms with Crippen LogP contribution in [0.25, 0.3) is 5.57 Å². The van der Waals surface area contributed by atoms with Crippen LogP contribution in [0.3, 0.4) is 0 Å². The maximum atomic E-state index is 12.1. The molecule has 4 aliphatic carbocycles. The number of Topliss-reactive ketones (excluding diaryl/α,β-unsaturated/α-hetero) is 1. The van der Waals surface area contributed by atoms with Gasteiger partial charge in [0.2, 0.25) is 0 Å². The highest BCUT2D eigenvalue weighted by Crippen LogP contribution is 2.67. The minimum Gasteiger partial charge on any atom is -0.389 e. The number of allylic oxidation sites excluding steroid dienone is 3. The van der Waals surface area contributed by atoms with Crippen LogP contribution >= 0.6 is 0 Å². The molecule has 0 radical (unpaired) electrons. The Bertz CT molecular complexity index is 885. The van der Waals surface area contributed by atoms with Crippen LogP contribution in [0.1, 0.15) is 64.9 Å². The largest absolute Gasteiger partial charge is 0.389 e. The number of aromatic nitrogens is 1. The zero-order valence-electron chi connectivity index (χ0n) is 17.2. The molecular formula is C25H31NO2. The van der Waals surface area contributed by atoms with Crippen LogP contribution in [0.4, 0.5) is 0 Å². The normalized spacial score (nSPS) is 42.6. The van der Waals surface area contributed by atoms with Gasteiger partial charge in [-0.1, -0.05) is 37.1 Å². The van der Waals surface area contributed by atoms with E-state index in [1.54, 1.807) is 0 Å². The smallest absolute Gasteiger partial charge is 0.136 e. The highest BCUT2D eigenvalue weighted by atomic mass is 16.3. The van der Waals surface area contributed by atoms with E-state index in [9.17, 15) is 9.90 Å². The summed E-state index contributed by atoms with van der Waals surface area (Å²) in [4.78, 5) is 16.4. The van der Waals surface area contributed by atoms with E-state index in [2.05, 4.69) is 37.9 Å². The van der Waals surface area contributed by atoms with Gasteiger partial charge in [-0.15, -0.1) is 0 Å². The van der Waals surface area contributed by atoms with E-state index in [1.807, 2.05) is 18.5 Å². The van der Waals surface area contributed by atoms with Crippen molar-refractivity contribution in [3.05, 3.63) is 47.3 Å². The number of ketones is 1. The van der Waals surface area contributed by atoms with E-state index in [1.165, 1.54) is 22.3 Å². The van der Waals surface area contributed by atoms with E-state index in [0.717, 1.165) is 25.7 Å². The Morgan fingerprint density at radius 2 is 2.00 bits per heavy atom. The number of carbonyl (C=O) groups is 1. The summed E-state index contributed by atoms with van der Waals surface area (Å²) in [5.74, 6) is 1.57. The second-order valence-electron chi connectivity index (χ2n) is 10.2. The van der Waals surface area contributed by atoms with E-state index >= 15 is 0 Å². The first-order valence-electron chi connectivity index (χ1n) is 10.9. The van der Waals surface area contributed by atoms with Crippen molar-refractivity contribution in [2.24, 2.45) is 28.6 Å². The molecule has 0 aliphatic heterocycles. The van der Waals surface area contributed by atoms with Crippen LogP contribution in [-0.2, 0) is 4.79 Å². The predicted molar refractivity (Wildman–Crippen MR) is 110 cm³/mol. The summed E-state index contributed by atoms with van der Waals surface area (Å²) in [5, 5.41) is 11.2. The van der Waals surface area contributed by atoms with Crippen molar-refractivity contribution in [2.45, 2.75) is 65.4 Å². The van der Waals surface area contributed by atoms with Gasteiger partial charge in [0.1, 0.15) is 5.78 Å². The van der Waals surface area contributed by atoms with Gasteiger partial charge in [-0.25, -0.2) is 0 Å². The summed E-state index contributed by atoms with van der Waals surface area (Å²) < 4.78 is 0. The van der Waals surface area contributed by atoms with Crippen molar-refractivity contribution in [1.29, 1.82) is 0 Å². The molecule has 1 aromatic heterocycles. The third-order valence-electron chi connectivity index (χ3n) is 8.83. The molecule has 0 amide bonds. The Labute approximate surface area is 168 Å². The van der Waals surface area contributed by atoms with E-state index < -0.39 is 6.10 Å². The van der Waals surface area contributed by atoms with E-state index in [4.69, 9.17) is 0 Å². The summed E-state index contributed by atoms with van der Waals surface area (Å²) in [6, 6.07) is 4.22. The number of pyridine rings is 1. The molecule has 28 heavy (non-hydrogen) atoms. The van der Waals surface area contributed by atoms with Crippen LogP contribution in [0.2, 0.25) is 0 Å². The highest BCUT2D eigenvalue weighted by molar-refractivity contribution is 5.83. The molecule has 2 fully saturated rings. The lowest BCUT2D eigenvalue weighted by atomic mass is 9.46. The Balaban J connectivity index is 1.56. The lowest BCUT2D eigenvalue weighted by molar-refractivity contribution is -0.123. The monoisotopic (exact) mass is 377 g/mol. The molecule has 4 aliphatic rings.